The Hall–Kier alpha value is -1.45. The molecule has 1 heterocycles. The fourth-order valence-electron chi connectivity index (χ4n) is 1.39. The summed E-state index contributed by atoms with van der Waals surface area (Å²) in [6.45, 7) is 0.926. The number of nitrogens with one attached hydrogen (secondary N) is 1. The van der Waals surface area contributed by atoms with Gasteiger partial charge in [0.1, 0.15) is 0 Å². The van der Waals surface area contributed by atoms with Crippen LogP contribution in [0.5, 0.6) is 0 Å². The molecule has 14 heavy (non-hydrogen) atoms. The Bertz CT molecular complexity index is 346. The quantitative estimate of drug-likeness (QED) is 0.766. The predicted octanol–water partition coefficient (Wildman–Crippen LogP) is 1.78. The van der Waals surface area contributed by atoms with Crippen LogP contribution in [0.4, 0.5) is 8.78 Å². The fraction of sp³-hybridized carbons (Fsp3) is 0.300. The molecule has 1 aliphatic rings. The number of benzene rings is 1. The van der Waals surface area contributed by atoms with Crippen molar-refractivity contribution in [3.63, 3.8) is 0 Å². The second-order valence-electron chi connectivity index (χ2n) is 3.10. The molecule has 0 atom stereocenters. The summed E-state index contributed by atoms with van der Waals surface area (Å²) in [4.78, 5) is 3.74. The van der Waals surface area contributed by atoms with Gasteiger partial charge < -0.3 is 5.32 Å². The Kier molecular flexibility index (Phi) is 2.19. The number of hydrogen-bond acceptors (Lipinski definition) is 2. The lowest BCUT2D eigenvalue weighted by atomic mass is 10.1. The lowest BCUT2D eigenvalue weighted by Gasteiger charge is -2.16. The Labute approximate surface area is 80.7 Å². The van der Waals surface area contributed by atoms with E-state index in [-0.39, 0.29) is 11.4 Å². The van der Waals surface area contributed by atoms with Gasteiger partial charge in [0.2, 0.25) is 0 Å². The van der Waals surface area contributed by atoms with E-state index in [1.165, 1.54) is 12.1 Å². The number of alkyl halides is 2. The Morgan fingerprint density at radius 1 is 1.21 bits per heavy atom. The third-order valence-corrected chi connectivity index (χ3v) is 2.11. The van der Waals surface area contributed by atoms with Crippen molar-refractivity contribution < 1.29 is 8.78 Å². The normalized spacial score (nSPS) is 16.3. The highest BCUT2D eigenvalue weighted by Gasteiger charge is 2.39. The van der Waals surface area contributed by atoms with E-state index in [2.05, 4.69) is 10.3 Å². The average molecular weight is 196 g/mol. The van der Waals surface area contributed by atoms with Gasteiger partial charge in [-0.25, -0.2) is 0 Å². The van der Waals surface area contributed by atoms with Crippen LogP contribution in [-0.4, -0.2) is 18.9 Å². The Balaban J connectivity index is 2.32. The van der Waals surface area contributed by atoms with Crippen LogP contribution in [0.1, 0.15) is 5.56 Å². The molecule has 0 bridgehead atoms. The van der Waals surface area contributed by atoms with Crippen LogP contribution < -0.4 is 5.32 Å². The standard InChI is InChI=1S/C10H10F2N2/c11-10(12,9-13-6-7-14-9)8-4-2-1-3-5-8/h1-5H,6-7H2,(H,13,14). The molecule has 1 aromatic carbocycles. The minimum Gasteiger partial charge on any atom is -0.367 e. The van der Waals surface area contributed by atoms with Gasteiger partial charge in [0.05, 0.1) is 6.54 Å². The average Bonchev–Trinajstić information content (AvgIpc) is 2.72. The molecule has 0 fully saturated rings. The maximum absolute atomic E-state index is 13.7. The van der Waals surface area contributed by atoms with Gasteiger partial charge in [0.15, 0.2) is 5.84 Å². The zero-order valence-electron chi connectivity index (χ0n) is 7.50. The van der Waals surface area contributed by atoms with E-state index in [0.29, 0.717) is 13.1 Å². The molecule has 1 N–H and O–H groups in total. The molecule has 2 rings (SSSR count). The van der Waals surface area contributed by atoms with Crippen molar-refractivity contribution in [2.24, 2.45) is 4.99 Å². The van der Waals surface area contributed by atoms with E-state index in [4.69, 9.17) is 0 Å². The van der Waals surface area contributed by atoms with Crippen molar-refractivity contribution in [1.29, 1.82) is 0 Å². The SMILES string of the molecule is FC(F)(C1=NCCN1)c1ccccc1. The van der Waals surface area contributed by atoms with Crippen molar-refractivity contribution >= 4 is 5.84 Å². The van der Waals surface area contributed by atoms with Crippen molar-refractivity contribution in [2.75, 3.05) is 13.1 Å². The second-order valence-corrected chi connectivity index (χ2v) is 3.10. The molecule has 0 amide bonds. The van der Waals surface area contributed by atoms with Crippen molar-refractivity contribution in [2.45, 2.75) is 5.92 Å². The zero-order valence-corrected chi connectivity index (χ0v) is 7.50. The van der Waals surface area contributed by atoms with Crippen LogP contribution in [0, 0.1) is 0 Å². The molecule has 4 heteroatoms. The van der Waals surface area contributed by atoms with Gasteiger partial charge >= 0.3 is 5.92 Å². The van der Waals surface area contributed by atoms with Crippen LogP contribution in [0.25, 0.3) is 0 Å². The summed E-state index contributed by atoms with van der Waals surface area (Å²) < 4.78 is 27.3. The highest BCUT2D eigenvalue weighted by molar-refractivity contribution is 5.91. The first-order valence-corrected chi connectivity index (χ1v) is 4.43. The van der Waals surface area contributed by atoms with Gasteiger partial charge in [-0.3, -0.25) is 4.99 Å². The van der Waals surface area contributed by atoms with E-state index in [9.17, 15) is 8.78 Å². The third kappa shape index (κ3) is 1.47. The van der Waals surface area contributed by atoms with Crippen LogP contribution in [0.3, 0.4) is 0 Å². The number of amidine groups is 1. The highest BCUT2D eigenvalue weighted by Crippen LogP contribution is 2.29. The van der Waals surface area contributed by atoms with Gasteiger partial charge in [0, 0.05) is 12.1 Å². The molecule has 0 saturated carbocycles. The molecule has 1 aromatic rings. The van der Waals surface area contributed by atoms with Crippen molar-refractivity contribution in [1.82, 2.24) is 5.32 Å². The molecular formula is C10H10F2N2. The van der Waals surface area contributed by atoms with Crippen LogP contribution in [-0.2, 0) is 5.92 Å². The predicted molar refractivity (Wildman–Crippen MR) is 50.6 cm³/mol. The molecule has 0 saturated heterocycles. The molecule has 0 spiro atoms. The molecule has 0 unspecified atom stereocenters. The van der Waals surface area contributed by atoms with E-state index in [0.717, 1.165) is 0 Å². The van der Waals surface area contributed by atoms with Gasteiger partial charge in [-0.05, 0) is 0 Å². The first-order chi connectivity index (χ1) is 6.71. The van der Waals surface area contributed by atoms with E-state index < -0.39 is 5.92 Å². The van der Waals surface area contributed by atoms with Crippen LogP contribution >= 0.6 is 0 Å². The Morgan fingerprint density at radius 2 is 1.93 bits per heavy atom. The second kappa shape index (κ2) is 3.36. The smallest absolute Gasteiger partial charge is 0.329 e. The minimum atomic E-state index is -2.99. The number of hydrogen-bond donors (Lipinski definition) is 1. The topological polar surface area (TPSA) is 24.4 Å². The summed E-state index contributed by atoms with van der Waals surface area (Å²) in [5.41, 5.74) is -0.0202. The van der Waals surface area contributed by atoms with Gasteiger partial charge in [-0.2, -0.15) is 8.78 Å². The fourth-order valence-corrected chi connectivity index (χ4v) is 1.39. The van der Waals surface area contributed by atoms with Crippen LogP contribution in [0.2, 0.25) is 0 Å². The highest BCUT2D eigenvalue weighted by atomic mass is 19.3. The monoisotopic (exact) mass is 196 g/mol. The number of halogens is 2. The summed E-state index contributed by atoms with van der Waals surface area (Å²) in [6.07, 6.45) is 0. The summed E-state index contributed by atoms with van der Waals surface area (Å²) in [5, 5.41) is 2.60. The van der Waals surface area contributed by atoms with Crippen molar-refractivity contribution in [3.05, 3.63) is 35.9 Å². The summed E-state index contributed by atoms with van der Waals surface area (Å²) in [5.74, 6) is -3.21. The molecule has 74 valence electrons. The summed E-state index contributed by atoms with van der Waals surface area (Å²) >= 11 is 0. The van der Waals surface area contributed by atoms with E-state index in [1.807, 2.05) is 0 Å². The maximum atomic E-state index is 13.7. The van der Waals surface area contributed by atoms with Gasteiger partial charge in [-0.1, -0.05) is 30.3 Å². The molecular weight excluding hydrogens is 186 g/mol. The molecule has 0 radical (unpaired) electrons. The van der Waals surface area contributed by atoms with E-state index in [1.54, 1.807) is 18.2 Å². The number of aliphatic imine (C=N–C) groups is 1. The molecule has 1 aliphatic heterocycles. The maximum Gasteiger partial charge on any atom is 0.329 e. The van der Waals surface area contributed by atoms with E-state index >= 15 is 0 Å². The van der Waals surface area contributed by atoms with Crippen molar-refractivity contribution in [3.8, 4) is 0 Å². The molecule has 0 aromatic heterocycles. The Morgan fingerprint density at radius 3 is 2.50 bits per heavy atom. The number of rotatable bonds is 2. The molecule has 0 aliphatic carbocycles. The molecule has 2 nitrogen and oxygen atoms in total. The summed E-state index contributed by atoms with van der Waals surface area (Å²) in [6, 6.07) is 7.71. The summed E-state index contributed by atoms with van der Waals surface area (Å²) in [7, 11) is 0. The van der Waals surface area contributed by atoms with Gasteiger partial charge in [-0.15, -0.1) is 0 Å². The van der Waals surface area contributed by atoms with Gasteiger partial charge in [0.25, 0.3) is 0 Å². The lowest BCUT2D eigenvalue weighted by Crippen LogP contribution is -2.35. The lowest BCUT2D eigenvalue weighted by molar-refractivity contribution is 0.0727. The number of nitrogens with zero attached hydrogens (tertiary/aromatic N) is 1. The zero-order chi connectivity index (χ0) is 10.0. The first-order valence-electron chi connectivity index (χ1n) is 4.43. The van der Waals surface area contributed by atoms with Crippen LogP contribution in [0.15, 0.2) is 35.3 Å². The third-order valence-electron chi connectivity index (χ3n) is 2.11. The first kappa shape index (κ1) is 9.12. The largest absolute Gasteiger partial charge is 0.367 e. The minimum absolute atomic E-state index is 0.0202.